The van der Waals surface area contributed by atoms with E-state index in [1.54, 1.807) is 18.2 Å². The summed E-state index contributed by atoms with van der Waals surface area (Å²) < 4.78 is 5.11. The molecule has 3 rings (SSSR count). The fourth-order valence-corrected chi connectivity index (χ4v) is 3.64. The van der Waals surface area contributed by atoms with Crippen LogP contribution in [-0.4, -0.2) is 28.1 Å². The van der Waals surface area contributed by atoms with E-state index in [0.29, 0.717) is 0 Å². The van der Waals surface area contributed by atoms with Crippen molar-refractivity contribution >= 4 is 5.91 Å². The highest BCUT2D eigenvalue weighted by atomic mass is 16.5. The van der Waals surface area contributed by atoms with Gasteiger partial charge in [0, 0.05) is 22.9 Å². The molecule has 1 amide bonds. The molecular weight excluding hydrogens is 354 g/mol. The minimum absolute atomic E-state index is 0.00905. The van der Waals surface area contributed by atoms with Crippen molar-refractivity contribution in [2.75, 3.05) is 7.11 Å². The predicted octanol–water partition coefficient (Wildman–Crippen LogP) is 3.93. The van der Waals surface area contributed by atoms with Crippen molar-refractivity contribution in [1.82, 2.24) is 15.3 Å². The maximum absolute atomic E-state index is 12.9. The van der Waals surface area contributed by atoms with Crippen LogP contribution in [0.25, 0.3) is 0 Å². The van der Waals surface area contributed by atoms with Crippen molar-refractivity contribution in [1.29, 1.82) is 0 Å². The quantitative estimate of drug-likeness (QED) is 0.839. The lowest BCUT2D eigenvalue weighted by Crippen LogP contribution is -2.37. The third-order valence-electron chi connectivity index (χ3n) is 5.12. The average Bonchev–Trinajstić information content (AvgIpc) is 2.59. The van der Waals surface area contributed by atoms with Crippen LogP contribution >= 0.6 is 0 Å². The lowest BCUT2D eigenvalue weighted by molar-refractivity contribution is 0.0915. The Morgan fingerprint density at radius 3 is 2.68 bits per heavy atom. The first kappa shape index (κ1) is 20.1. The zero-order valence-corrected chi connectivity index (χ0v) is 17.5. The van der Waals surface area contributed by atoms with E-state index in [0.717, 1.165) is 29.9 Å². The Morgan fingerprint density at radius 2 is 2.04 bits per heavy atom. The molecule has 1 heterocycles. The summed E-state index contributed by atoms with van der Waals surface area (Å²) in [4.78, 5) is 22.3. The number of carbonyl (C=O) groups is 1. The summed E-state index contributed by atoms with van der Waals surface area (Å²) in [6.45, 7) is 10.6. The van der Waals surface area contributed by atoms with E-state index >= 15 is 0 Å². The standard InChI is InChI=1S/C22H29N3O3/c1-21(2,3)20-23-12-14-15(10-22(4,5)11-16(14)25-20)24-19(27)13-8-7-9-17(28-6)18(13)26/h7-9,12,15,26H,10-11H2,1-6H3,(H,24,27). The number of phenolic OH excluding ortho intramolecular Hbond substituents is 1. The molecule has 2 aromatic rings. The zero-order chi connectivity index (χ0) is 20.7. The minimum atomic E-state index is -0.343. The van der Waals surface area contributed by atoms with Crippen molar-refractivity contribution in [2.45, 2.75) is 58.9 Å². The molecule has 0 fully saturated rings. The van der Waals surface area contributed by atoms with Crippen LogP contribution in [0.15, 0.2) is 24.4 Å². The lowest BCUT2D eigenvalue weighted by atomic mass is 9.74. The number of ether oxygens (including phenoxy) is 1. The van der Waals surface area contributed by atoms with Crippen molar-refractivity contribution < 1.29 is 14.6 Å². The second-order valence-electron chi connectivity index (χ2n) is 9.27. The van der Waals surface area contributed by atoms with Crippen LogP contribution in [-0.2, 0) is 11.8 Å². The number of nitrogens with zero attached hydrogens (tertiary/aromatic N) is 2. The van der Waals surface area contributed by atoms with E-state index in [2.05, 4.69) is 44.9 Å². The Bertz CT molecular complexity index is 900. The first-order valence-corrected chi connectivity index (χ1v) is 9.55. The SMILES string of the molecule is COc1cccc(C(=O)NC2CC(C)(C)Cc3nc(C(C)(C)C)ncc32)c1O. The van der Waals surface area contributed by atoms with Crippen LogP contribution in [0.4, 0.5) is 0 Å². The molecule has 0 saturated carbocycles. The molecule has 1 aliphatic carbocycles. The number of hydrogen-bond donors (Lipinski definition) is 2. The molecule has 6 nitrogen and oxygen atoms in total. The molecule has 1 unspecified atom stereocenters. The summed E-state index contributed by atoms with van der Waals surface area (Å²) in [5, 5.41) is 13.4. The number of para-hydroxylation sites is 1. The van der Waals surface area contributed by atoms with Gasteiger partial charge < -0.3 is 15.2 Å². The second-order valence-corrected chi connectivity index (χ2v) is 9.27. The van der Waals surface area contributed by atoms with Gasteiger partial charge in [-0.3, -0.25) is 4.79 Å². The van der Waals surface area contributed by atoms with E-state index in [9.17, 15) is 9.90 Å². The van der Waals surface area contributed by atoms with Crippen molar-refractivity contribution in [3.63, 3.8) is 0 Å². The van der Waals surface area contributed by atoms with E-state index < -0.39 is 0 Å². The van der Waals surface area contributed by atoms with Gasteiger partial charge in [0.2, 0.25) is 0 Å². The van der Waals surface area contributed by atoms with Crippen LogP contribution in [0.2, 0.25) is 0 Å². The summed E-state index contributed by atoms with van der Waals surface area (Å²) in [7, 11) is 1.46. The molecule has 150 valence electrons. The molecule has 0 spiro atoms. The Kier molecular flexibility index (Phi) is 5.08. The second kappa shape index (κ2) is 7.08. The molecule has 0 radical (unpaired) electrons. The maximum atomic E-state index is 12.9. The van der Waals surface area contributed by atoms with Crippen molar-refractivity contribution in [3.8, 4) is 11.5 Å². The third-order valence-corrected chi connectivity index (χ3v) is 5.12. The van der Waals surface area contributed by atoms with Crippen LogP contribution in [0.5, 0.6) is 11.5 Å². The molecule has 0 saturated heterocycles. The summed E-state index contributed by atoms with van der Waals surface area (Å²) in [5.41, 5.74) is 1.98. The Hall–Kier alpha value is -2.63. The fraction of sp³-hybridized carbons (Fsp3) is 0.500. The Balaban J connectivity index is 1.94. The summed E-state index contributed by atoms with van der Waals surface area (Å²) in [6, 6.07) is 4.67. The fourth-order valence-electron chi connectivity index (χ4n) is 3.64. The molecule has 1 atom stereocenters. The monoisotopic (exact) mass is 383 g/mol. The zero-order valence-electron chi connectivity index (χ0n) is 17.5. The van der Waals surface area contributed by atoms with Gasteiger partial charge in [0.15, 0.2) is 11.5 Å². The van der Waals surface area contributed by atoms with Gasteiger partial charge in [-0.25, -0.2) is 9.97 Å². The average molecular weight is 383 g/mol. The van der Waals surface area contributed by atoms with E-state index in [4.69, 9.17) is 9.72 Å². The number of carbonyl (C=O) groups excluding carboxylic acids is 1. The van der Waals surface area contributed by atoms with Gasteiger partial charge in [0.1, 0.15) is 5.82 Å². The number of amides is 1. The van der Waals surface area contributed by atoms with Gasteiger partial charge >= 0.3 is 0 Å². The molecule has 1 aromatic carbocycles. The molecule has 0 bridgehead atoms. The normalized spacial score (nSPS) is 18.3. The summed E-state index contributed by atoms with van der Waals surface area (Å²) in [5.74, 6) is 0.580. The maximum Gasteiger partial charge on any atom is 0.255 e. The largest absolute Gasteiger partial charge is 0.504 e. The van der Waals surface area contributed by atoms with E-state index in [1.807, 2.05) is 6.20 Å². The van der Waals surface area contributed by atoms with E-state index in [-0.39, 0.29) is 39.8 Å². The minimum Gasteiger partial charge on any atom is -0.504 e. The Labute approximate surface area is 166 Å². The molecule has 2 N–H and O–H groups in total. The molecule has 28 heavy (non-hydrogen) atoms. The lowest BCUT2D eigenvalue weighted by Gasteiger charge is -2.37. The molecule has 0 aliphatic heterocycles. The van der Waals surface area contributed by atoms with Crippen molar-refractivity contribution in [2.24, 2.45) is 5.41 Å². The summed E-state index contributed by atoms with van der Waals surface area (Å²) in [6.07, 6.45) is 3.45. The van der Waals surface area contributed by atoms with Crippen molar-refractivity contribution in [3.05, 3.63) is 47.0 Å². The smallest absolute Gasteiger partial charge is 0.255 e. The highest BCUT2D eigenvalue weighted by Gasteiger charge is 2.35. The van der Waals surface area contributed by atoms with E-state index in [1.165, 1.54) is 7.11 Å². The van der Waals surface area contributed by atoms with Gasteiger partial charge in [0.05, 0.1) is 18.7 Å². The number of aromatic hydroxyl groups is 1. The third kappa shape index (κ3) is 3.96. The van der Waals surface area contributed by atoms with Crippen LogP contribution < -0.4 is 10.1 Å². The number of methoxy groups -OCH3 is 1. The number of hydrogen-bond acceptors (Lipinski definition) is 5. The predicted molar refractivity (Wildman–Crippen MR) is 108 cm³/mol. The molecule has 1 aliphatic rings. The number of aromatic nitrogens is 2. The topological polar surface area (TPSA) is 84.3 Å². The number of phenols is 1. The first-order chi connectivity index (χ1) is 13.0. The Morgan fingerprint density at radius 1 is 1.32 bits per heavy atom. The molecule has 1 aromatic heterocycles. The van der Waals surface area contributed by atoms with Gasteiger partial charge in [-0.05, 0) is 30.4 Å². The van der Waals surface area contributed by atoms with Crippen LogP contribution in [0.3, 0.4) is 0 Å². The van der Waals surface area contributed by atoms with Gasteiger partial charge in [-0.1, -0.05) is 40.7 Å². The summed E-state index contributed by atoms with van der Waals surface area (Å²) >= 11 is 0. The first-order valence-electron chi connectivity index (χ1n) is 9.55. The number of rotatable bonds is 3. The van der Waals surface area contributed by atoms with Gasteiger partial charge in [0.25, 0.3) is 5.91 Å². The highest BCUT2D eigenvalue weighted by Crippen LogP contribution is 2.40. The molecular formula is C22H29N3O3. The number of benzene rings is 1. The molecule has 6 heteroatoms. The highest BCUT2D eigenvalue weighted by molar-refractivity contribution is 5.97. The number of nitrogens with one attached hydrogen (secondary N) is 1. The van der Waals surface area contributed by atoms with Crippen LogP contribution in [0, 0.1) is 5.41 Å². The van der Waals surface area contributed by atoms with Gasteiger partial charge in [-0.2, -0.15) is 0 Å². The van der Waals surface area contributed by atoms with Crippen LogP contribution in [0.1, 0.15) is 74.5 Å². The number of fused-ring (bicyclic) bond motifs is 1. The van der Waals surface area contributed by atoms with Gasteiger partial charge in [-0.15, -0.1) is 0 Å².